The van der Waals surface area contributed by atoms with Crippen molar-refractivity contribution in [1.29, 1.82) is 0 Å². The average molecular weight is 334 g/mol. The number of aliphatic hydroxyl groups is 1. The highest BCUT2D eigenvalue weighted by Crippen LogP contribution is 2.54. The lowest BCUT2D eigenvalue weighted by atomic mass is 9.98. The van der Waals surface area contributed by atoms with Crippen molar-refractivity contribution in [3.05, 3.63) is 12.2 Å². The molecule has 0 saturated carbocycles. The van der Waals surface area contributed by atoms with Gasteiger partial charge in [-0.2, -0.15) is 39.5 Å². The number of alkyl halides is 9. The van der Waals surface area contributed by atoms with E-state index < -0.39 is 48.7 Å². The number of carbonyl (C=O) groups is 1. The summed E-state index contributed by atoms with van der Waals surface area (Å²) >= 11 is 0. The molecule has 0 radical (unpaired) electrons. The zero-order chi connectivity index (χ0) is 17.3. The fourth-order valence-electron chi connectivity index (χ4n) is 0.918. The van der Waals surface area contributed by atoms with E-state index >= 15 is 0 Å². The first-order chi connectivity index (χ1) is 9.14. The third-order valence-corrected chi connectivity index (χ3v) is 2.09. The zero-order valence-corrected chi connectivity index (χ0v) is 9.79. The van der Waals surface area contributed by atoms with Gasteiger partial charge in [-0.05, 0) is 0 Å². The van der Waals surface area contributed by atoms with Crippen LogP contribution >= 0.6 is 0 Å². The Kier molecular flexibility index (Phi) is 5.34. The van der Waals surface area contributed by atoms with Crippen LogP contribution in [0, 0.1) is 0 Å². The fraction of sp³-hybridized carbons (Fsp3) is 0.667. The van der Waals surface area contributed by atoms with Crippen LogP contribution in [-0.4, -0.2) is 48.2 Å². The van der Waals surface area contributed by atoms with Gasteiger partial charge in [0.2, 0.25) is 0 Å². The summed E-state index contributed by atoms with van der Waals surface area (Å²) < 4.78 is 116. The first-order valence-electron chi connectivity index (χ1n) is 4.82. The summed E-state index contributed by atoms with van der Waals surface area (Å²) in [6, 6.07) is 0. The van der Waals surface area contributed by atoms with Crippen LogP contribution in [0.1, 0.15) is 0 Å². The van der Waals surface area contributed by atoms with E-state index in [1.165, 1.54) is 0 Å². The van der Waals surface area contributed by atoms with E-state index in [2.05, 4.69) is 11.3 Å². The molecule has 0 aliphatic heterocycles. The van der Waals surface area contributed by atoms with Gasteiger partial charge in [0.15, 0.2) is 0 Å². The van der Waals surface area contributed by atoms with E-state index in [9.17, 15) is 44.3 Å². The molecule has 0 aromatic rings. The third kappa shape index (κ3) is 3.24. The van der Waals surface area contributed by atoms with Crippen LogP contribution in [0.15, 0.2) is 12.2 Å². The van der Waals surface area contributed by atoms with Crippen LogP contribution in [0.4, 0.5) is 39.5 Å². The zero-order valence-electron chi connectivity index (χ0n) is 9.79. The molecule has 12 heteroatoms. The summed E-state index contributed by atoms with van der Waals surface area (Å²) in [5.41, 5.74) is -2.61. The second-order valence-electron chi connectivity index (χ2n) is 3.56. The Balaban J connectivity index is 5.58. The molecular formula is C9H7F9O3. The maximum Gasteiger partial charge on any atom is 0.460 e. The number of halogens is 9. The second-order valence-corrected chi connectivity index (χ2v) is 3.56. The molecule has 3 nitrogen and oxygen atoms in total. The van der Waals surface area contributed by atoms with Gasteiger partial charge >= 0.3 is 29.9 Å². The molecule has 0 aromatic heterocycles. The van der Waals surface area contributed by atoms with Crippen LogP contribution in [0.3, 0.4) is 0 Å². The van der Waals surface area contributed by atoms with Crippen LogP contribution in [-0.2, 0) is 9.53 Å². The molecule has 0 aliphatic carbocycles. The van der Waals surface area contributed by atoms with Crippen molar-refractivity contribution >= 4 is 5.97 Å². The Bertz CT molecular complexity index is 413. The summed E-state index contributed by atoms with van der Waals surface area (Å²) in [7, 11) is 0. The molecule has 0 unspecified atom stereocenters. The number of hydrogen-bond acceptors (Lipinski definition) is 3. The molecule has 0 rings (SSSR count). The Hall–Kier alpha value is -1.46. The van der Waals surface area contributed by atoms with Crippen molar-refractivity contribution in [3.63, 3.8) is 0 Å². The van der Waals surface area contributed by atoms with E-state index in [0.29, 0.717) is 0 Å². The maximum absolute atomic E-state index is 13.1. The van der Waals surface area contributed by atoms with Crippen LogP contribution in [0.25, 0.3) is 0 Å². The van der Waals surface area contributed by atoms with Crippen molar-refractivity contribution in [3.8, 4) is 0 Å². The number of hydrogen-bond donors (Lipinski definition) is 1. The smallest absolute Gasteiger partial charge is 0.460 e. The molecule has 0 aromatic carbocycles. The monoisotopic (exact) mass is 334 g/mol. The lowest BCUT2D eigenvalue weighted by Gasteiger charge is -2.33. The topological polar surface area (TPSA) is 46.5 Å². The highest BCUT2D eigenvalue weighted by molar-refractivity contribution is 5.89. The van der Waals surface area contributed by atoms with E-state index in [1.54, 1.807) is 0 Å². The van der Waals surface area contributed by atoms with Gasteiger partial charge in [-0.15, -0.1) is 0 Å². The predicted octanol–water partition coefficient (Wildman–Crippen LogP) is 2.55. The first-order valence-corrected chi connectivity index (χ1v) is 4.82. The van der Waals surface area contributed by atoms with Crippen molar-refractivity contribution < 1.29 is 54.2 Å². The number of esters is 1. The molecule has 0 spiro atoms. The van der Waals surface area contributed by atoms with Gasteiger partial charge in [-0.25, -0.2) is 4.79 Å². The summed E-state index contributed by atoms with van der Waals surface area (Å²) in [5, 5.41) is 8.18. The normalized spacial score (nSPS) is 14.0. The maximum atomic E-state index is 13.1. The van der Waals surface area contributed by atoms with Gasteiger partial charge in [0.25, 0.3) is 0 Å². The molecule has 0 aliphatic rings. The molecule has 21 heavy (non-hydrogen) atoms. The summed E-state index contributed by atoms with van der Waals surface area (Å²) in [4.78, 5) is 10.8. The molecule has 124 valence electrons. The van der Waals surface area contributed by atoms with E-state index in [0.717, 1.165) is 0 Å². The Labute approximate surface area is 111 Å². The lowest BCUT2D eigenvalue weighted by molar-refractivity contribution is -0.389. The van der Waals surface area contributed by atoms with Crippen LogP contribution < -0.4 is 0 Å². The molecule has 0 heterocycles. The Morgan fingerprint density at radius 3 is 1.71 bits per heavy atom. The molecule has 1 N–H and O–H groups in total. The second kappa shape index (κ2) is 5.73. The Morgan fingerprint density at radius 1 is 0.952 bits per heavy atom. The molecule has 0 fully saturated rings. The molecule has 0 saturated heterocycles. The van der Waals surface area contributed by atoms with Gasteiger partial charge in [-0.1, -0.05) is 6.58 Å². The Morgan fingerprint density at radius 2 is 1.38 bits per heavy atom. The number of rotatable bonds is 6. The highest BCUT2D eigenvalue weighted by atomic mass is 19.4. The van der Waals surface area contributed by atoms with E-state index in [1.807, 2.05) is 0 Å². The quantitative estimate of drug-likeness (QED) is 0.461. The minimum atomic E-state index is -7.12. The number of carbonyl (C=O) groups excluding carboxylic acids is 1. The predicted molar refractivity (Wildman–Crippen MR) is 48.1 cm³/mol. The minimum absolute atomic E-state index is 0.931. The molecule has 0 bridgehead atoms. The summed E-state index contributed by atoms with van der Waals surface area (Å²) in [6.07, 6.45) is -6.99. The largest absolute Gasteiger partial charge is 0.460 e. The van der Waals surface area contributed by atoms with Gasteiger partial charge in [-0.3, -0.25) is 0 Å². The van der Waals surface area contributed by atoms with Gasteiger partial charge < -0.3 is 9.84 Å². The number of ether oxygens (including phenoxy) is 1. The van der Waals surface area contributed by atoms with Crippen molar-refractivity contribution in [2.45, 2.75) is 23.9 Å². The summed E-state index contributed by atoms with van der Waals surface area (Å²) in [5.74, 6) is -22.7. The SMILES string of the molecule is C=C(C(=O)OCCO)C(F)(F)C(F)(F)C(F)(F)C(F)(F)F. The average Bonchev–Trinajstić information content (AvgIpc) is 2.32. The van der Waals surface area contributed by atoms with Crippen LogP contribution in [0.2, 0.25) is 0 Å². The fourth-order valence-corrected chi connectivity index (χ4v) is 0.918. The molecule has 0 amide bonds. The van der Waals surface area contributed by atoms with E-state index in [4.69, 9.17) is 5.11 Å². The van der Waals surface area contributed by atoms with Gasteiger partial charge in [0.1, 0.15) is 12.2 Å². The molecule has 0 atom stereocenters. The highest BCUT2D eigenvalue weighted by Gasteiger charge is 2.82. The number of aliphatic hydroxyl groups excluding tert-OH is 1. The lowest BCUT2D eigenvalue weighted by Crippen LogP contribution is -2.62. The minimum Gasteiger partial charge on any atom is -0.460 e. The third-order valence-electron chi connectivity index (χ3n) is 2.09. The van der Waals surface area contributed by atoms with Gasteiger partial charge in [0, 0.05) is 0 Å². The van der Waals surface area contributed by atoms with Crippen molar-refractivity contribution in [2.75, 3.05) is 13.2 Å². The van der Waals surface area contributed by atoms with Gasteiger partial charge in [0.05, 0.1) is 6.61 Å². The standard InChI is InChI=1S/C9H7F9O3/c1-4(5(20)21-3-2-19)6(10,11)7(12,13)8(14,15)9(16,17)18/h19H,1-3H2. The molecular weight excluding hydrogens is 327 g/mol. The summed E-state index contributed by atoms with van der Waals surface area (Å²) in [6.45, 7) is 0.146. The van der Waals surface area contributed by atoms with Crippen molar-refractivity contribution in [2.24, 2.45) is 0 Å². The van der Waals surface area contributed by atoms with Crippen molar-refractivity contribution in [1.82, 2.24) is 0 Å². The first kappa shape index (κ1) is 19.5. The van der Waals surface area contributed by atoms with E-state index in [-0.39, 0.29) is 0 Å². The van der Waals surface area contributed by atoms with Crippen LogP contribution in [0.5, 0.6) is 0 Å².